The van der Waals surface area contributed by atoms with Gasteiger partial charge in [0.2, 0.25) is 0 Å². The summed E-state index contributed by atoms with van der Waals surface area (Å²) < 4.78 is 64.3. The Morgan fingerprint density at radius 1 is 0.971 bits per heavy atom. The normalized spacial score (nSPS) is 14.8. The first kappa shape index (κ1) is 23.2. The molecule has 5 rings (SSSR count). The zero-order valence-electron chi connectivity index (χ0n) is 19.0. The maximum Gasteiger partial charge on any atom is 0.416 e. The molecule has 1 aromatic heterocycles. The fourth-order valence-electron chi connectivity index (χ4n) is 4.47. The molecule has 0 radical (unpaired) electrons. The van der Waals surface area contributed by atoms with E-state index < -0.39 is 11.7 Å². The van der Waals surface area contributed by atoms with Gasteiger partial charge in [0.25, 0.3) is 0 Å². The standard InChI is InChI=1S/C28H23F4NO2/c1-34-25-10-7-21(17-33-13-11-19(12-14-33)18-5-8-23(29)9-6-18)24-16-26(35-27(24)25)20-3-2-4-22(15-20)28(30,31)32/h2-11,15-16H,12-14,17H2,1H3. The molecule has 3 nitrogen and oxygen atoms in total. The fourth-order valence-corrected chi connectivity index (χ4v) is 4.47. The van der Waals surface area contributed by atoms with E-state index in [1.165, 1.54) is 30.9 Å². The Morgan fingerprint density at radius 3 is 2.46 bits per heavy atom. The van der Waals surface area contributed by atoms with E-state index in [2.05, 4.69) is 11.0 Å². The van der Waals surface area contributed by atoms with Crippen LogP contribution in [0.25, 0.3) is 27.9 Å². The number of hydrogen-bond acceptors (Lipinski definition) is 3. The summed E-state index contributed by atoms with van der Waals surface area (Å²) in [6, 6.07) is 17.2. The van der Waals surface area contributed by atoms with Gasteiger partial charge >= 0.3 is 6.18 Å². The molecule has 1 aliphatic rings. The second-order valence-corrected chi connectivity index (χ2v) is 8.58. The van der Waals surface area contributed by atoms with Gasteiger partial charge in [-0.1, -0.05) is 36.4 Å². The minimum Gasteiger partial charge on any atom is -0.493 e. The maximum absolute atomic E-state index is 13.2. The van der Waals surface area contributed by atoms with E-state index in [-0.39, 0.29) is 5.82 Å². The molecule has 3 aromatic carbocycles. The predicted octanol–water partition coefficient (Wildman–Crippen LogP) is 7.56. The topological polar surface area (TPSA) is 25.6 Å². The number of rotatable bonds is 5. The van der Waals surface area contributed by atoms with Gasteiger partial charge in [0.05, 0.1) is 12.7 Å². The van der Waals surface area contributed by atoms with Crippen molar-refractivity contribution in [3.63, 3.8) is 0 Å². The van der Waals surface area contributed by atoms with Crippen LogP contribution in [0.2, 0.25) is 0 Å². The van der Waals surface area contributed by atoms with Crippen molar-refractivity contribution >= 4 is 16.5 Å². The number of nitrogens with zero attached hydrogens (tertiary/aromatic N) is 1. The molecule has 180 valence electrons. The summed E-state index contributed by atoms with van der Waals surface area (Å²) in [6.45, 7) is 2.21. The third-order valence-electron chi connectivity index (χ3n) is 6.33. The molecular weight excluding hydrogens is 458 g/mol. The third-order valence-corrected chi connectivity index (χ3v) is 6.33. The number of methoxy groups -OCH3 is 1. The Hall–Kier alpha value is -3.58. The van der Waals surface area contributed by atoms with Crippen LogP contribution < -0.4 is 4.74 Å². The maximum atomic E-state index is 13.2. The second-order valence-electron chi connectivity index (χ2n) is 8.58. The molecule has 0 unspecified atom stereocenters. The highest BCUT2D eigenvalue weighted by Crippen LogP contribution is 2.38. The van der Waals surface area contributed by atoms with E-state index in [9.17, 15) is 17.6 Å². The quantitative estimate of drug-likeness (QED) is 0.275. The molecule has 0 atom stereocenters. The van der Waals surface area contributed by atoms with E-state index >= 15 is 0 Å². The van der Waals surface area contributed by atoms with Gasteiger partial charge in [0.1, 0.15) is 11.6 Å². The first-order valence-corrected chi connectivity index (χ1v) is 11.3. The molecule has 0 saturated carbocycles. The van der Waals surface area contributed by atoms with Crippen LogP contribution in [-0.2, 0) is 12.7 Å². The highest BCUT2D eigenvalue weighted by molar-refractivity contribution is 5.90. The lowest BCUT2D eigenvalue weighted by molar-refractivity contribution is -0.137. The van der Waals surface area contributed by atoms with Gasteiger partial charge in [-0.15, -0.1) is 0 Å². The van der Waals surface area contributed by atoms with Crippen LogP contribution in [0, 0.1) is 5.82 Å². The smallest absolute Gasteiger partial charge is 0.416 e. The van der Waals surface area contributed by atoms with E-state index in [4.69, 9.17) is 9.15 Å². The van der Waals surface area contributed by atoms with E-state index in [0.717, 1.165) is 48.2 Å². The lowest BCUT2D eigenvalue weighted by atomic mass is 9.99. The van der Waals surface area contributed by atoms with Gasteiger partial charge < -0.3 is 9.15 Å². The molecule has 0 aliphatic carbocycles. The summed E-state index contributed by atoms with van der Waals surface area (Å²) in [5.74, 6) is 0.632. The first-order valence-electron chi connectivity index (χ1n) is 11.3. The lowest BCUT2D eigenvalue weighted by Gasteiger charge is -2.26. The number of fused-ring (bicyclic) bond motifs is 1. The second kappa shape index (κ2) is 9.23. The van der Waals surface area contributed by atoms with Crippen molar-refractivity contribution in [1.82, 2.24) is 4.90 Å². The van der Waals surface area contributed by atoms with Gasteiger partial charge in [-0.2, -0.15) is 13.2 Å². The van der Waals surface area contributed by atoms with Crippen LogP contribution in [0.4, 0.5) is 17.6 Å². The Kier molecular flexibility index (Phi) is 6.11. The molecule has 2 heterocycles. The van der Waals surface area contributed by atoms with Crippen LogP contribution >= 0.6 is 0 Å². The van der Waals surface area contributed by atoms with Crippen LogP contribution in [0.3, 0.4) is 0 Å². The third kappa shape index (κ3) is 4.82. The Balaban J connectivity index is 1.42. The van der Waals surface area contributed by atoms with Crippen molar-refractivity contribution in [1.29, 1.82) is 0 Å². The Morgan fingerprint density at radius 2 is 1.77 bits per heavy atom. The van der Waals surface area contributed by atoms with Crippen molar-refractivity contribution in [3.05, 3.63) is 95.3 Å². The largest absolute Gasteiger partial charge is 0.493 e. The number of alkyl halides is 3. The van der Waals surface area contributed by atoms with Gasteiger partial charge in [-0.05, 0) is 59.5 Å². The average molecular weight is 481 g/mol. The summed E-state index contributed by atoms with van der Waals surface area (Å²) in [7, 11) is 1.54. The van der Waals surface area contributed by atoms with Gasteiger partial charge in [-0.3, -0.25) is 4.90 Å². The van der Waals surface area contributed by atoms with Crippen LogP contribution in [0.5, 0.6) is 5.75 Å². The molecule has 35 heavy (non-hydrogen) atoms. The first-order chi connectivity index (χ1) is 16.8. The highest BCUT2D eigenvalue weighted by Gasteiger charge is 2.30. The molecule has 0 saturated heterocycles. The highest BCUT2D eigenvalue weighted by atomic mass is 19.4. The zero-order chi connectivity index (χ0) is 24.6. The summed E-state index contributed by atoms with van der Waals surface area (Å²) >= 11 is 0. The monoisotopic (exact) mass is 481 g/mol. The number of benzene rings is 3. The van der Waals surface area contributed by atoms with Crippen molar-refractivity contribution in [2.24, 2.45) is 0 Å². The lowest BCUT2D eigenvalue weighted by Crippen LogP contribution is -2.28. The zero-order valence-corrected chi connectivity index (χ0v) is 19.0. The van der Waals surface area contributed by atoms with Crippen LogP contribution in [0.1, 0.15) is 23.1 Å². The number of halogens is 4. The molecule has 1 aliphatic heterocycles. The van der Waals surface area contributed by atoms with Gasteiger partial charge in [0, 0.05) is 30.6 Å². The number of hydrogen-bond donors (Lipinski definition) is 0. The molecule has 7 heteroatoms. The molecular formula is C28H23F4NO2. The molecule has 0 bridgehead atoms. The van der Waals surface area contributed by atoms with Crippen molar-refractivity contribution < 1.29 is 26.7 Å². The summed E-state index contributed by atoms with van der Waals surface area (Å²) in [6.07, 6.45) is -1.44. The van der Waals surface area contributed by atoms with Gasteiger partial charge in [-0.25, -0.2) is 4.39 Å². The minimum atomic E-state index is -4.43. The van der Waals surface area contributed by atoms with Gasteiger partial charge in [0.15, 0.2) is 11.3 Å². The predicted molar refractivity (Wildman–Crippen MR) is 127 cm³/mol. The molecule has 0 amide bonds. The van der Waals surface area contributed by atoms with Crippen molar-refractivity contribution in [2.45, 2.75) is 19.1 Å². The van der Waals surface area contributed by atoms with E-state index in [1.807, 2.05) is 12.1 Å². The van der Waals surface area contributed by atoms with Crippen LogP contribution in [0.15, 0.2) is 77.2 Å². The minimum absolute atomic E-state index is 0.250. The number of ether oxygens (including phenoxy) is 1. The number of furan rings is 1. The molecule has 4 aromatic rings. The molecule has 0 spiro atoms. The SMILES string of the molecule is COc1ccc(CN2CC=C(c3ccc(F)cc3)CC2)c2cc(-c3cccc(C(F)(F)F)c3)oc12. The summed E-state index contributed by atoms with van der Waals surface area (Å²) in [5, 5.41) is 0.810. The molecule has 0 N–H and O–H groups in total. The van der Waals surface area contributed by atoms with E-state index in [1.54, 1.807) is 24.3 Å². The fraction of sp³-hybridized carbons (Fsp3) is 0.214. The van der Waals surface area contributed by atoms with E-state index in [0.29, 0.717) is 29.2 Å². The van der Waals surface area contributed by atoms with Crippen molar-refractivity contribution in [2.75, 3.05) is 20.2 Å². The summed E-state index contributed by atoms with van der Waals surface area (Å²) in [4.78, 5) is 2.28. The van der Waals surface area contributed by atoms with Crippen LogP contribution in [-0.4, -0.2) is 25.1 Å². The average Bonchev–Trinajstić information content (AvgIpc) is 3.31. The Bertz CT molecular complexity index is 1390. The van der Waals surface area contributed by atoms with Crippen molar-refractivity contribution in [3.8, 4) is 17.1 Å². The Labute approximate surface area is 200 Å². The molecule has 0 fully saturated rings. The summed E-state index contributed by atoms with van der Waals surface area (Å²) in [5.41, 5.74) is 3.36.